The van der Waals surface area contributed by atoms with Crippen LogP contribution < -0.4 is 9.80 Å². The summed E-state index contributed by atoms with van der Waals surface area (Å²) in [5.41, 5.74) is 2.35. The van der Waals surface area contributed by atoms with Crippen molar-refractivity contribution in [2.24, 2.45) is 0 Å². The van der Waals surface area contributed by atoms with Crippen molar-refractivity contribution in [1.82, 2.24) is 9.88 Å². The molecule has 0 radical (unpaired) electrons. The number of aliphatic carboxylic acids is 1. The maximum Gasteiger partial charge on any atom is 0.326 e. The Labute approximate surface area is 164 Å². The van der Waals surface area contributed by atoms with Gasteiger partial charge < -0.3 is 19.8 Å². The van der Waals surface area contributed by atoms with Crippen molar-refractivity contribution in [2.45, 2.75) is 25.3 Å². The third kappa shape index (κ3) is 3.94. The quantitative estimate of drug-likeness (QED) is 0.872. The molecule has 1 aromatic heterocycles. The zero-order chi connectivity index (χ0) is 18.8. The average Bonchev–Trinajstić information content (AvgIpc) is 3.19. The molecule has 2 aliphatic heterocycles. The van der Waals surface area contributed by atoms with E-state index in [-0.39, 0.29) is 0 Å². The van der Waals surface area contributed by atoms with Crippen molar-refractivity contribution in [3.8, 4) is 10.6 Å². The molecule has 0 amide bonds. The van der Waals surface area contributed by atoms with Gasteiger partial charge in [0.25, 0.3) is 0 Å². The Balaban J connectivity index is 1.49. The third-order valence-corrected chi connectivity index (χ3v) is 6.44. The van der Waals surface area contributed by atoms with Gasteiger partial charge in [-0.2, -0.15) is 0 Å². The smallest absolute Gasteiger partial charge is 0.326 e. The highest BCUT2D eigenvalue weighted by atomic mass is 32.1. The monoisotopic (exact) mass is 386 g/mol. The highest BCUT2D eigenvalue weighted by Crippen LogP contribution is 2.32. The standard InChI is InChI=1S/C20H26N4O2S/c1-22-10-12-23(13-11-22)16-7-5-15(6-8-16)19-21-18(14-27-19)24-9-3-2-4-17(24)20(25)26/h5-8,14,17H,2-4,9-13H2,1H3,(H,25,26). The average molecular weight is 387 g/mol. The van der Waals surface area contributed by atoms with E-state index in [4.69, 9.17) is 4.98 Å². The predicted octanol–water partition coefficient (Wildman–Crippen LogP) is 3.01. The van der Waals surface area contributed by atoms with Crippen LogP contribution in [0.3, 0.4) is 0 Å². The number of carbonyl (C=O) groups is 1. The number of rotatable bonds is 4. The van der Waals surface area contributed by atoms with Crippen LogP contribution in [-0.4, -0.2) is 66.8 Å². The van der Waals surface area contributed by atoms with Crippen molar-refractivity contribution >= 4 is 28.8 Å². The SMILES string of the molecule is CN1CCN(c2ccc(-c3nc(N4CCCCC4C(=O)O)cs3)cc2)CC1. The molecular weight excluding hydrogens is 360 g/mol. The van der Waals surface area contributed by atoms with E-state index < -0.39 is 12.0 Å². The number of likely N-dealkylation sites (N-methyl/N-ethyl adjacent to an activating group) is 1. The van der Waals surface area contributed by atoms with Crippen LogP contribution >= 0.6 is 11.3 Å². The molecule has 6 nitrogen and oxygen atoms in total. The normalized spacial score (nSPS) is 21.4. The van der Waals surface area contributed by atoms with Gasteiger partial charge in [-0.05, 0) is 50.6 Å². The maximum atomic E-state index is 11.5. The van der Waals surface area contributed by atoms with Gasteiger partial charge in [-0.15, -0.1) is 11.3 Å². The fourth-order valence-electron chi connectivity index (χ4n) is 3.87. The van der Waals surface area contributed by atoms with Crippen LogP contribution in [0.1, 0.15) is 19.3 Å². The predicted molar refractivity (Wildman–Crippen MR) is 110 cm³/mol. The van der Waals surface area contributed by atoms with Crippen LogP contribution in [0.4, 0.5) is 11.5 Å². The van der Waals surface area contributed by atoms with Crippen LogP contribution in [0.25, 0.3) is 10.6 Å². The minimum atomic E-state index is -0.749. The molecule has 1 atom stereocenters. The van der Waals surface area contributed by atoms with Gasteiger partial charge in [-0.25, -0.2) is 9.78 Å². The summed E-state index contributed by atoms with van der Waals surface area (Å²) in [6.07, 6.45) is 2.69. The van der Waals surface area contributed by atoms with E-state index in [0.717, 1.165) is 62.0 Å². The topological polar surface area (TPSA) is 59.9 Å². The number of carboxylic acid groups (broad SMARTS) is 1. The largest absolute Gasteiger partial charge is 0.480 e. The lowest BCUT2D eigenvalue weighted by Crippen LogP contribution is -2.44. The fourth-order valence-corrected chi connectivity index (χ4v) is 4.70. The Hall–Kier alpha value is -2.12. The summed E-state index contributed by atoms with van der Waals surface area (Å²) in [7, 11) is 2.16. The van der Waals surface area contributed by atoms with Crippen LogP contribution in [0, 0.1) is 0 Å². The summed E-state index contributed by atoms with van der Waals surface area (Å²) in [6, 6.07) is 8.14. The number of carboxylic acids is 1. The molecule has 0 bridgehead atoms. The molecule has 2 saturated heterocycles. The molecule has 2 aromatic rings. The van der Waals surface area contributed by atoms with Crippen LogP contribution in [0.5, 0.6) is 0 Å². The molecule has 27 heavy (non-hydrogen) atoms. The molecule has 1 N–H and O–H groups in total. The molecule has 0 saturated carbocycles. The highest BCUT2D eigenvalue weighted by molar-refractivity contribution is 7.13. The first-order chi connectivity index (χ1) is 13.1. The first-order valence-electron chi connectivity index (χ1n) is 9.61. The summed E-state index contributed by atoms with van der Waals surface area (Å²) in [4.78, 5) is 23.0. The van der Waals surface area contributed by atoms with E-state index in [2.05, 4.69) is 41.1 Å². The van der Waals surface area contributed by atoms with Crippen LogP contribution in [-0.2, 0) is 4.79 Å². The lowest BCUT2D eigenvalue weighted by Gasteiger charge is -2.34. The molecule has 7 heteroatoms. The van der Waals surface area contributed by atoms with Gasteiger partial charge in [0.2, 0.25) is 0 Å². The molecule has 1 aromatic carbocycles. The zero-order valence-electron chi connectivity index (χ0n) is 15.7. The summed E-state index contributed by atoms with van der Waals surface area (Å²) in [5.74, 6) is 0.0472. The second-order valence-corrected chi connectivity index (χ2v) is 8.25. The number of nitrogens with zero attached hydrogens (tertiary/aromatic N) is 4. The maximum absolute atomic E-state index is 11.5. The lowest BCUT2D eigenvalue weighted by atomic mass is 10.0. The molecule has 2 fully saturated rings. The van der Waals surface area contributed by atoms with E-state index >= 15 is 0 Å². The zero-order valence-corrected chi connectivity index (χ0v) is 16.5. The van der Waals surface area contributed by atoms with E-state index in [1.807, 2.05) is 10.3 Å². The minimum absolute atomic E-state index is 0.451. The van der Waals surface area contributed by atoms with E-state index in [0.29, 0.717) is 6.42 Å². The third-order valence-electron chi connectivity index (χ3n) is 5.56. The molecule has 0 aliphatic carbocycles. The first kappa shape index (κ1) is 18.3. The van der Waals surface area contributed by atoms with Gasteiger partial charge >= 0.3 is 5.97 Å². The second kappa shape index (κ2) is 7.86. The molecule has 2 aliphatic rings. The van der Waals surface area contributed by atoms with Crippen molar-refractivity contribution < 1.29 is 9.90 Å². The molecule has 3 heterocycles. The van der Waals surface area contributed by atoms with Crippen molar-refractivity contribution in [1.29, 1.82) is 0 Å². The van der Waals surface area contributed by atoms with Gasteiger partial charge in [0.15, 0.2) is 0 Å². The second-order valence-electron chi connectivity index (χ2n) is 7.39. The van der Waals surface area contributed by atoms with Gasteiger partial charge in [0, 0.05) is 49.4 Å². The van der Waals surface area contributed by atoms with Crippen molar-refractivity contribution in [3.63, 3.8) is 0 Å². The number of hydrogen-bond donors (Lipinski definition) is 1. The molecule has 0 spiro atoms. The van der Waals surface area contributed by atoms with Crippen LogP contribution in [0.15, 0.2) is 29.6 Å². The lowest BCUT2D eigenvalue weighted by molar-refractivity contribution is -0.139. The Morgan fingerprint density at radius 2 is 1.85 bits per heavy atom. The first-order valence-corrected chi connectivity index (χ1v) is 10.5. The van der Waals surface area contributed by atoms with Crippen molar-refractivity contribution in [2.75, 3.05) is 49.6 Å². The number of piperidine rings is 1. The van der Waals surface area contributed by atoms with Gasteiger partial charge in [0.1, 0.15) is 16.9 Å². The van der Waals surface area contributed by atoms with Crippen LogP contribution in [0.2, 0.25) is 0 Å². The number of thiazole rings is 1. The molecular formula is C20H26N4O2S. The van der Waals surface area contributed by atoms with Gasteiger partial charge in [0.05, 0.1) is 0 Å². The summed E-state index contributed by atoms with van der Waals surface area (Å²) >= 11 is 1.59. The summed E-state index contributed by atoms with van der Waals surface area (Å²) < 4.78 is 0. The number of benzene rings is 1. The number of piperazine rings is 1. The molecule has 1 unspecified atom stereocenters. The van der Waals surface area contributed by atoms with Crippen molar-refractivity contribution in [3.05, 3.63) is 29.6 Å². The number of aromatic nitrogens is 1. The number of anilines is 2. The fraction of sp³-hybridized carbons (Fsp3) is 0.500. The van der Waals surface area contributed by atoms with Gasteiger partial charge in [-0.1, -0.05) is 0 Å². The summed E-state index contributed by atoms with van der Waals surface area (Å²) in [5, 5.41) is 12.4. The number of hydrogen-bond acceptors (Lipinski definition) is 6. The Kier molecular flexibility index (Phi) is 5.31. The highest BCUT2D eigenvalue weighted by Gasteiger charge is 2.30. The molecule has 144 valence electrons. The van der Waals surface area contributed by atoms with Gasteiger partial charge in [-0.3, -0.25) is 0 Å². The Morgan fingerprint density at radius 3 is 2.56 bits per heavy atom. The Morgan fingerprint density at radius 1 is 1.11 bits per heavy atom. The molecule has 4 rings (SSSR count). The van der Waals surface area contributed by atoms with E-state index in [9.17, 15) is 9.90 Å². The minimum Gasteiger partial charge on any atom is -0.480 e. The van der Waals surface area contributed by atoms with E-state index in [1.165, 1.54) is 5.69 Å². The Bertz CT molecular complexity index is 784. The summed E-state index contributed by atoms with van der Waals surface area (Å²) in [6.45, 7) is 5.07. The van der Waals surface area contributed by atoms with E-state index in [1.54, 1.807) is 11.3 Å².